The van der Waals surface area contributed by atoms with E-state index in [2.05, 4.69) is 86.6 Å². The summed E-state index contributed by atoms with van der Waals surface area (Å²) in [6.07, 6.45) is 0. The molecule has 0 radical (unpaired) electrons. The summed E-state index contributed by atoms with van der Waals surface area (Å²) < 4.78 is 8.56. The molecule has 0 aliphatic rings. The molecule has 0 aromatic heterocycles. The van der Waals surface area contributed by atoms with E-state index in [0.717, 1.165) is 24.5 Å². The van der Waals surface area contributed by atoms with Crippen molar-refractivity contribution >= 4 is 79.6 Å². The third-order valence-corrected chi connectivity index (χ3v) is 5.89. The second kappa shape index (κ2) is 6.55. The van der Waals surface area contributed by atoms with Crippen LogP contribution in [0, 0.1) is 0 Å². The Bertz CT molecular complexity index is 354. The largest absolute Gasteiger partial charge is 0.490 e. The van der Waals surface area contributed by atoms with Crippen LogP contribution in [0.1, 0.15) is 6.92 Å². The van der Waals surface area contributed by atoms with Crippen LogP contribution in [0.5, 0.6) is 5.75 Å². The lowest BCUT2D eigenvalue weighted by Gasteiger charge is -2.21. The molecule has 1 aromatic rings. The molecule has 90 valence electrons. The predicted octanol–water partition coefficient (Wildman–Crippen LogP) is 5.90. The molecular formula is C10H9Br5O. The molecule has 0 aliphatic heterocycles. The molecule has 0 fully saturated rings. The normalized spacial score (nSPS) is 14.6. The first-order valence-electron chi connectivity index (χ1n) is 4.38. The highest BCUT2D eigenvalue weighted by Gasteiger charge is 2.21. The van der Waals surface area contributed by atoms with E-state index in [1.165, 1.54) is 0 Å². The molecule has 1 unspecified atom stereocenters. The van der Waals surface area contributed by atoms with Crippen molar-refractivity contribution in [3.05, 3.63) is 25.6 Å². The van der Waals surface area contributed by atoms with Crippen molar-refractivity contribution < 1.29 is 4.74 Å². The highest BCUT2D eigenvalue weighted by atomic mass is 79.9. The summed E-state index contributed by atoms with van der Waals surface area (Å²) in [6.45, 7) is 2.65. The molecule has 0 amide bonds. The van der Waals surface area contributed by atoms with Gasteiger partial charge in [-0.3, -0.25) is 0 Å². The fraction of sp³-hybridized carbons (Fsp3) is 0.400. The van der Waals surface area contributed by atoms with Gasteiger partial charge < -0.3 is 4.74 Å². The Morgan fingerprint density at radius 2 is 1.69 bits per heavy atom. The van der Waals surface area contributed by atoms with Gasteiger partial charge in [-0.2, -0.15) is 0 Å². The standard InChI is InChI=1S/C10H9Br5O/c1-10(15,4-11)5-16-9-7(13)2-6(12)3-8(9)14/h2-3H,4-5H2,1H3. The molecule has 0 aliphatic carbocycles. The van der Waals surface area contributed by atoms with Crippen molar-refractivity contribution in [3.8, 4) is 5.75 Å². The van der Waals surface area contributed by atoms with Gasteiger partial charge in [-0.1, -0.05) is 47.8 Å². The molecular weight excluding hydrogens is 536 g/mol. The van der Waals surface area contributed by atoms with E-state index in [4.69, 9.17) is 4.74 Å². The number of rotatable bonds is 4. The number of hydrogen-bond acceptors (Lipinski definition) is 1. The summed E-state index contributed by atoms with van der Waals surface area (Å²) in [6, 6.07) is 3.92. The first kappa shape index (κ1) is 15.5. The van der Waals surface area contributed by atoms with Crippen molar-refractivity contribution in [3.63, 3.8) is 0 Å². The fourth-order valence-electron chi connectivity index (χ4n) is 0.928. The van der Waals surface area contributed by atoms with Gasteiger partial charge in [0.1, 0.15) is 12.4 Å². The van der Waals surface area contributed by atoms with Crippen molar-refractivity contribution in [1.82, 2.24) is 0 Å². The van der Waals surface area contributed by atoms with Gasteiger partial charge in [0.15, 0.2) is 0 Å². The molecule has 0 bridgehead atoms. The van der Waals surface area contributed by atoms with Crippen LogP contribution in [0.3, 0.4) is 0 Å². The van der Waals surface area contributed by atoms with Crippen LogP contribution in [0.25, 0.3) is 0 Å². The van der Waals surface area contributed by atoms with Crippen LogP contribution >= 0.6 is 79.6 Å². The maximum Gasteiger partial charge on any atom is 0.147 e. The summed E-state index contributed by atoms with van der Waals surface area (Å²) in [5.74, 6) is 0.815. The van der Waals surface area contributed by atoms with E-state index in [1.807, 2.05) is 12.1 Å². The zero-order valence-corrected chi connectivity index (χ0v) is 16.3. The SMILES string of the molecule is CC(Br)(CBr)COc1c(Br)cc(Br)cc1Br. The Morgan fingerprint density at radius 1 is 1.19 bits per heavy atom. The molecule has 0 spiro atoms. The van der Waals surface area contributed by atoms with Gasteiger partial charge >= 0.3 is 0 Å². The number of hydrogen-bond donors (Lipinski definition) is 0. The van der Waals surface area contributed by atoms with Gasteiger partial charge in [0.05, 0.1) is 13.3 Å². The number of benzene rings is 1. The smallest absolute Gasteiger partial charge is 0.147 e. The van der Waals surface area contributed by atoms with Crippen molar-refractivity contribution in [2.45, 2.75) is 11.2 Å². The predicted molar refractivity (Wildman–Crippen MR) is 86.2 cm³/mol. The Labute approximate surface area is 137 Å². The average Bonchev–Trinajstić information content (AvgIpc) is 2.16. The Balaban J connectivity index is 2.82. The minimum atomic E-state index is -0.0705. The van der Waals surface area contributed by atoms with E-state index in [9.17, 15) is 0 Å². The van der Waals surface area contributed by atoms with E-state index >= 15 is 0 Å². The van der Waals surface area contributed by atoms with Crippen LogP contribution in [0.15, 0.2) is 25.6 Å². The van der Waals surface area contributed by atoms with Crippen molar-refractivity contribution in [2.75, 3.05) is 11.9 Å². The van der Waals surface area contributed by atoms with Crippen LogP contribution in [0.2, 0.25) is 0 Å². The fourth-order valence-corrected chi connectivity index (χ4v) is 3.69. The monoisotopic (exact) mass is 540 g/mol. The summed E-state index contributed by atoms with van der Waals surface area (Å²) >= 11 is 17.4. The third kappa shape index (κ3) is 4.59. The van der Waals surface area contributed by atoms with Gasteiger partial charge in [0.25, 0.3) is 0 Å². The van der Waals surface area contributed by atoms with Crippen LogP contribution in [-0.2, 0) is 0 Å². The van der Waals surface area contributed by atoms with Crippen LogP contribution in [-0.4, -0.2) is 16.3 Å². The van der Waals surface area contributed by atoms with Gasteiger partial charge in [-0.25, -0.2) is 0 Å². The summed E-state index contributed by atoms with van der Waals surface area (Å²) in [5, 5.41) is 0.825. The maximum atomic E-state index is 5.79. The summed E-state index contributed by atoms with van der Waals surface area (Å²) in [5.41, 5.74) is 0. The lowest BCUT2D eigenvalue weighted by molar-refractivity contribution is 0.289. The average molecular weight is 545 g/mol. The van der Waals surface area contributed by atoms with Crippen LogP contribution < -0.4 is 4.74 Å². The highest BCUT2D eigenvalue weighted by Crippen LogP contribution is 2.37. The second-order valence-corrected chi connectivity index (χ2v) is 8.63. The van der Waals surface area contributed by atoms with Gasteiger partial charge in [0, 0.05) is 9.80 Å². The first-order chi connectivity index (χ1) is 7.35. The Morgan fingerprint density at radius 3 is 2.12 bits per heavy atom. The molecule has 0 N–H and O–H groups in total. The molecule has 0 heterocycles. The molecule has 6 heteroatoms. The second-order valence-electron chi connectivity index (χ2n) is 3.53. The molecule has 1 nitrogen and oxygen atoms in total. The highest BCUT2D eigenvalue weighted by molar-refractivity contribution is 9.12. The summed E-state index contributed by atoms with van der Waals surface area (Å²) in [7, 11) is 0. The quantitative estimate of drug-likeness (QED) is 0.429. The van der Waals surface area contributed by atoms with Crippen molar-refractivity contribution in [2.24, 2.45) is 0 Å². The molecule has 1 aromatic carbocycles. The molecule has 0 saturated carbocycles. The van der Waals surface area contributed by atoms with Gasteiger partial charge in [-0.15, -0.1) is 0 Å². The minimum Gasteiger partial charge on any atom is -0.490 e. The first-order valence-corrected chi connectivity index (χ1v) is 8.67. The molecule has 0 saturated heterocycles. The van der Waals surface area contributed by atoms with Gasteiger partial charge in [-0.05, 0) is 50.9 Å². The Kier molecular flexibility index (Phi) is 6.33. The van der Waals surface area contributed by atoms with E-state index in [1.54, 1.807) is 0 Å². The molecule has 1 rings (SSSR count). The third-order valence-electron chi connectivity index (χ3n) is 1.76. The molecule has 16 heavy (non-hydrogen) atoms. The molecule has 1 atom stereocenters. The van der Waals surface area contributed by atoms with E-state index < -0.39 is 0 Å². The lowest BCUT2D eigenvalue weighted by Crippen LogP contribution is -2.27. The number of halogens is 5. The zero-order valence-electron chi connectivity index (χ0n) is 8.37. The summed E-state index contributed by atoms with van der Waals surface area (Å²) in [4.78, 5) is 0. The van der Waals surface area contributed by atoms with E-state index in [-0.39, 0.29) is 4.32 Å². The number of ether oxygens (including phenoxy) is 1. The van der Waals surface area contributed by atoms with E-state index in [0.29, 0.717) is 6.61 Å². The Hall–Kier alpha value is 1.42. The van der Waals surface area contributed by atoms with Crippen molar-refractivity contribution in [1.29, 1.82) is 0 Å². The lowest BCUT2D eigenvalue weighted by atomic mass is 10.2. The topological polar surface area (TPSA) is 9.23 Å². The van der Waals surface area contributed by atoms with Gasteiger partial charge in [0.2, 0.25) is 0 Å². The number of alkyl halides is 2. The zero-order chi connectivity index (χ0) is 12.3. The maximum absolute atomic E-state index is 5.79. The van der Waals surface area contributed by atoms with Crippen LogP contribution in [0.4, 0.5) is 0 Å². The minimum absolute atomic E-state index is 0.0705.